The second kappa shape index (κ2) is 6.56. The van der Waals surface area contributed by atoms with Crippen molar-refractivity contribution in [3.05, 3.63) is 0 Å². The maximum atomic E-state index is 12.1. The highest BCUT2D eigenvalue weighted by Gasteiger charge is 2.37. The van der Waals surface area contributed by atoms with E-state index in [0.717, 1.165) is 12.8 Å². The number of hydrogen-bond donors (Lipinski definition) is 0. The summed E-state index contributed by atoms with van der Waals surface area (Å²) in [6.07, 6.45) is 9.67. The summed E-state index contributed by atoms with van der Waals surface area (Å²) in [5.41, 5.74) is 0.227. The first kappa shape index (κ1) is 14.7. The van der Waals surface area contributed by atoms with Crippen molar-refractivity contribution in [2.24, 2.45) is 17.3 Å². The average Bonchev–Trinajstić information content (AvgIpc) is 2.24. The minimum absolute atomic E-state index is 0.227. The van der Waals surface area contributed by atoms with Crippen LogP contribution in [0.3, 0.4) is 0 Å². The molecule has 1 nitrogen and oxygen atoms in total. The van der Waals surface area contributed by atoms with E-state index in [0.29, 0.717) is 17.6 Å². The van der Waals surface area contributed by atoms with Crippen molar-refractivity contribution < 1.29 is 4.79 Å². The van der Waals surface area contributed by atoms with Gasteiger partial charge in [0.1, 0.15) is 5.78 Å². The van der Waals surface area contributed by atoms with Crippen molar-refractivity contribution in [2.45, 2.75) is 79.1 Å². The van der Waals surface area contributed by atoms with Crippen molar-refractivity contribution in [3.8, 4) is 0 Å². The molecule has 2 unspecified atom stereocenters. The first-order valence-electron chi connectivity index (χ1n) is 7.50. The third-order valence-corrected chi connectivity index (χ3v) is 4.50. The molecule has 0 amide bonds. The Labute approximate surface area is 107 Å². The Hall–Kier alpha value is -0.330. The topological polar surface area (TPSA) is 17.1 Å². The lowest BCUT2D eigenvalue weighted by Gasteiger charge is -2.37. The number of carbonyl (C=O) groups excluding carboxylic acids is 1. The predicted octanol–water partition coefficient (Wildman–Crippen LogP) is 4.99. The van der Waals surface area contributed by atoms with E-state index < -0.39 is 0 Å². The maximum absolute atomic E-state index is 12.1. The number of ketones is 1. The smallest absolute Gasteiger partial charge is 0.136 e. The van der Waals surface area contributed by atoms with Gasteiger partial charge in [0.25, 0.3) is 0 Å². The summed E-state index contributed by atoms with van der Waals surface area (Å²) >= 11 is 0. The van der Waals surface area contributed by atoms with E-state index >= 15 is 0 Å². The molecule has 1 aliphatic rings. The molecular weight excluding hydrogens is 208 g/mol. The lowest BCUT2D eigenvalue weighted by molar-refractivity contribution is -0.130. The molecular formula is C16H30O. The van der Waals surface area contributed by atoms with Gasteiger partial charge < -0.3 is 0 Å². The number of rotatable bonds is 6. The van der Waals surface area contributed by atoms with E-state index in [2.05, 4.69) is 27.7 Å². The zero-order chi connectivity index (χ0) is 12.9. The summed E-state index contributed by atoms with van der Waals surface area (Å²) in [6, 6.07) is 0. The van der Waals surface area contributed by atoms with Gasteiger partial charge in [-0.25, -0.2) is 0 Å². The second-order valence-corrected chi connectivity index (χ2v) is 6.70. The minimum atomic E-state index is 0.227. The highest BCUT2D eigenvalue weighted by atomic mass is 16.1. The molecule has 1 rings (SSSR count). The van der Waals surface area contributed by atoms with Crippen molar-refractivity contribution in [3.63, 3.8) is 0 Å². The van der Waals surface area contributed by atoms with Gasteiger partial charge in [0, 0.05) is 12.3 Å². The van der Waals surface area contributed by atoms with E-state index in [1.807, 2.05) is 0 Å². The van der Waals surface area contributed by atoms with E-state index in [1.165, 1.54) is 38.5 Å². The average molecular weight is 238 g/mol. The molecule has 17 heavy (non-hydrogen) atoms. The van der Waals surface area contributed by atoms with Gasteiger partial charge in [-0.1, -0.05) is 53.4 Å². The number of Topliss-reactive ketones (excluding diaryl/α,β-unsaturated/α-hetero) is 1. The summed E-state index contributed by atoms with van der Waals surface area (Å²) in [5, 5.41) is 0. The number of hydrogen-bond acceptors (Lipinski definition) is 1. The van der Waals surface area contributed by atoms with Crippen molar-refractivity contribution >= 4 is 5.78 Å². The fourth-order valence-corrected chi connectivity index (χ4v) is 3.21. The van der Waals surface area contributed by atoms with Crippen LogP contribution >= 0.6 is 0 Å². The van der Waals surface area contributed by atoms with Crippen LogP contribution in [0.15, 0.2) is 0 Å². The maximum Gasteiger partial charge on any atom is 0.136 e. The number of carbonyl (C=O) groups is 1. The molecule has 100 valence electrons. The van der Waals surface area contributed by atoms with Crippen molar-refractivity contribution in [1.29, 1.82) is 0 Å². The quantitative estimate of drug-likeness (QED) is 0.596. The van der Waals surface area contributed by atoms with Gasteiger partial charge in [-0.05, 0) is 30.6 Å². The van der Waals surface area contributed by atoms with Crippen LogP contribution in [-0.2, 0) is 4.79 Å². The van der Waals surface area contributed by atoms with Crippen molar-refractivity contribution in [1.82, 2.24) is 0 Å². The van der Waals surface area contributed by atoms with Crippen LogP contribution in [0.5, 0.6) is 0 Å². The molecule has 0 heterocycles. The van der Waals surface area contributed by atoms with Crippen LogP contribution in [0.2, 0.25) is 0 Å². The molecule has 0 radical (unpaired) electrons. The van der Waals surface area contributed by atoms with E-state index in [9.17, 15) is 4.79 Å². The van der Waals surface area contributed by atoms with Gasteiger partial charge in [-0.2, -0.15) is 0 Å². The predicted molar refractivity (Wildman–Crippen MR) is 74.1 cm³/mol. The van der Waals surface area contributed by atoms with Crippen LogP contribution in [0, 0.1) is 17.3 Å². The Bertz CT molecular complexity index is 242. The van der Waals surface area contributed by atoms with Crippen molar-refractivity contribution in [2.75, 3.05) is 0 Å². The fourth-order valence-electron chi connectivity index (χ4n) is 3.21. The van der Waals surface area contributed by atoms with Gasteiger partial charge in [0.15, 0.2) is 0 Å². The molecule has 1 aliphatic carbocycles. The molecule has 0 spiro atoms. The van der Waals surface area contributed by atoms with Gasteiger partial charge in [-0.3, -0.25) is 4.79 Å². The van der Waals surface area contributed by atoms with Crippen LogP contribution in [0.4, 0.5) is 0 Å². The molecule has 1 heteroatoms. The number of unbranched alkanes of at least 4 members (excludes halogenated alkanes) is 3. The summed E-state index contributed by atoms with van der Waals surface area (Å²) in [7, 11) is 0. The molecule has 2 atom stereocenters. The zero-order valence-corrected chi connectivity index (χ0v) is 12.2. The normalized spacial score (nSPS) is 26.2. The zero-order valence-electron chi connectivity index (χ0n) is 12.2. The summed E-state index contributed by atoms with van der Waals surface area (Å²) in [6.45, 7) is 9.06. The lowest BCUT2D eigenvalue weighted by atomic mass is 9.66. The highest BCUT2D eigenvalue weighted by molar-refractivity contribution is 5.82. The first-order chi connectivity index (χ1) is 7.97. The third kappa shape index (κ3) is 4.44. The Morgan fingerprint density at radius 1 is 1.18 bits per heavy atom. The van der Waals surface area contributed by atoms with Crippen LogP contribution in [0.1, 0.15) is 79.1 Å². The van der Waals surface area contributed by atoms with E-state index in [4.69, 9.17) is 0 Å². The SMILES string of the molecule is CCCCCCC(C)(C)C1CCC(C)CC1=O. The van der Waals surface area contributed by atoms with Gasteiger partial charge >= 0.3 is 0 Å². The molecule has 1 saturated carbocycles. The summed E-state index contributed by atoms with van der Waals surface area (Å²) in [4.78, 5) is 12.1. The molecule has 1 fully saturated rings. The molecule has 0 aromatic heterocycles. The highest BCUT2D eigenvalue weighted by Crippen LogP contribution is 2.41. The van der Waals surface area contributed by atoms with E-state index in [1.54, 1.807) is 0 Å². The Morgan fingerprint density at radius 3 is 2.47 bits per heavy atom. The Balaban J connectivity index is 2.42. The van der Waals surface area contributed by atoms with Gasteiger partial charge in [0.2, 0.25) is 0 Å². The third-order valence-electron chi connectivity index (χ3n) is 4.50. The second-order valence-electron chi connectivity index (χ2n) is 6.70. The molecule has 0 saturated heterocycles. The Kier molecular flexibility index (Phi) is 5.69. The molecule has 0 bridgehead atoms. The van der Waals surface area contributed by atoms with E-state index in [-0.39, 0.29) is 5.41 Å². The molecule has 0 aromatic carbocycles. The largest absolute Gasteiger partial charge is 0.299 e. The lowest BCUT2D eigenvalue weighted by Crippen LogP contribution is -2.35. The van der Waals surface area contributed by atoms with Gasteiger partial charge in [-0.15, -0.1) is 0 Å². The standard InChI is InChI=1S/C16H30O/c1-5-6-7-8-11-16(3,4)14-10-9-13(2)12-15(14)17/h13-14H,5-12H2,1-4H3. The summed E-state index contributed by atoms with van der Waals surface area (Å²) < 4.78 is 0. The minimum Gasteiger partial charge on any atom is -0.299 e. The van der Waals surface area contributed by atoms with Crippen LogP contribution < -0.4 is 0 Å². The van der Waals surface area contributed by atoms with Gasteiger partial charge in [0.05, 0.1) is 0 Å². The summed E-state index contributed by atoms with van der Waals surface area (Å²) in [5.74, 6) is 1.49. The molecule has 0 aromatic rings. The Morgan fingerprint density at radius 2 is 1.88 bits per heavy atom. The monoisotopic (exact) mass is 238 g/mol. The molecule has 0 aliphatic heterocycles. The fraction of sp³-hybridized carbons (Fsp3) is 0.938. The molecule has 0 N–H and O–H groups in total. The van der Waals surface area contributed by atoms with Crippen LogP contribution in [0.25, 0.3) is 0 Å². The first-order valence-corrected chi connectivity index (χ1v) is 7.50. The van der Waals surface area contributed by atoms with Crippen LogP contribution in [-0.4, -0.2) is 5.78 Å².